The van der Waals surface area contributed by atoms with Gasteiger partial charge >= 0.3 is 0 Å². The molecule has 0 aliphatic rings. The van der Waals surface area contributed by atoms with Crippen LogP contribution in [-0.2, 0) is 0 Å². The highest BCUT2D eigenvalue weighted by Crippen LogP contribution is 2.45. The van der Waals surface area contributed by atoms with Crippen LogP contribution in [0.15, 0.2) is 247 Å². The van der Waals surface area contributed by atoms with Gasteiger partial charge in [-0.05, 0) is 74.2 Å². The zero-order chi connectivity index (χ0) is 52.6. The molecule has 0 bridgehead atoms. The Morgan fingerprint density at radius 3 is 1.72 bits per heavy atom. The van der Waals surface area contributed by atoms with Gasteiger partial charge in [0, 0.05) is 32.6 Å². The maximum Gasteiger partial charge on any atom is 0.179 e. The number of para-hydroxylation sites is 4. The van der Waals surface area contributed by atoms with Gasteiger partial charge in [0.25, 0.3) is 0 Å². The van der Waals surface area contributed by atoms with Gasteiger partial charge in [-0.2, -0.15) is 0 Å². The molecule has 13 rings (SSSR count). The third-order valence-corrected chi connectivity index (χ3v) is 17.1. The number of hydrogen-bond donors (Lipinski definition) is 0. The molecule has 0 amide bonds. The summed E-state index contributed by atoms with van der Waals surface area (Å²) in [7, 11) is -3.84. The molecule has 0 unspecified atom stereocenters. The predicted molar refractivity (Wildman–Crippen MR) is 271 cm³/mol. The topological polar surface area (TPSA) is 23.0 Å². The lowest BCUT2D eigenvalue weighted by molar-refractivity contribution is 0.666. The zero-order valence-corrected chi connectivity index (χ0v) is 35.0. The molecule has 0 saturated carbocycles. The minimum absolute atomic E-state index is 0.0598. The highest BCUT2D eigenvalue weighted by molar-refractivity contribution is 7.20. The summed E-state index contributed by atoms with van der Waals surface area (Å²) < 4.78 is 123. The first kappa shape index (κ1) is 26.3. The molecule has 0 N–H and O–H groups in total. The van der Waals surface area contributed by atoms with Crippen molar-refractivity contribution in [2.75, 3.05) is 0 Å². The van der Waals surface area contributed by atoms with Crippen molar-refractivity contribution in [2.24, 2.45) is 0 Å². The van der Waals surface area contributed by atoms with Crippen molar-refractivity contribution in [1.82, 2.24) is 9.13 Å². The Balaban J connectivity index is 1.23. The quantitative estimate of drug-likeness (QED) is 0.116. The summed E-state index contributed by atoms with van der Waals surface area (Å²) in [6.45, 7) is 0. The average molecular weight is 845 g/mol. The summed E-state index contributed by atoms with van der Waals surface area (Å²) in [5, 5.41) is 5.03. The molecule has 0 fully saturated rings. The van der Waals surface area contributed by atoms with E-state index in [-0.39, 0.29) is 62.9 Å². The Kier molecular flexibility index (Phi) is 5.94. The van der Waals surface area contributed by atoms with Gasteiger partial charge in [-0.1, -0.05) is 200 Å². The molecule has 0 saturated heterocycles. The van der Waals surface area contributed by atoms with Crippen LogP contribution in [0.4, 0.5) is 0 Å². The lowest BCUT2D eigenvalue weighted by Gasteiger charge is -2.35. The Labute approximate surface area is 388 Å². The summed E-state index contributed by atoms with van der Waals surface area (Å²) in [6.07, 6.45) is 0. The first-order chi connectivity index (χ1) is 36.8. The predicted octanol–water partition coefficient (Wildman–Crippen LogP) is 12.8. The highest BCUT2D eigenvalue weighted by atomic mass is 28.3. The van der Waals surface area contributed by atoms with Crippen LogP contribution in [0, 0.1) is 0 Å². The van der Waals surface area contributed by atoms with Crippen LogP contribution >= 0.6 is 0 Å². The van der Waals surface area contributed by atoms with Gasteiger partial charge in [-0.3, -0.25) is 0 Å². The van der Waals surface area contributed by atoms with Gasteiger partial charge < -0.3 is 13.6 Å². The summed E-state index contributed by atoms with van der Waals surface area (Å²) in [5.74, 6) is 0. The summed E-state index contributed by atoms with van der Waals surface area (Å²) in [4.78, 5) is 0. The van der Waals surface area contributed by atoms with Crippen molar-refractivity contribution in [3.63, 3.8) is 0 Å². The highest BCUT2D eigenvalue weighted by Gasteiger charge is 2.42. The molecule has 3 nitrogen and oxygen atoms in total. The Bertz CT molecular complexity index is 4500. The van der Waals surface area contributed by atoms with Crippen molar-refractivity contribution in [2.45, 2.75) is 0 Å². The molecule has 13 aromatic rings. The van der Waals surface area contributed by atoms with E-state index in [1.54, 1.807) is 12.1 Å². The molecule has 64 heavy (non-hydrogen) atoms. The van der Waals surface area contributed by atoms with Crippen LogP contribution in [0.3, 0.4) is 0 Å². The van der Waals surface area contributed by atoms with Crippen LogP contribution in [0.1, 0.15) is 16.4 Å². The molecule has 3 aromatic heterocycles. The second-order valence-electron chi connectivity index (χ2n) is 15.9. The zero-order valence-electron chi connectivity index (χ0n) is 46.0. The Morgan fingerprint density at radius 2 is 1.00 bits per heavy atom. The van der Waals surface area contributed by atoms with E-state index >= 15 is 0 Å². The van der Waals surface area contributed by atoms with E-state index in [4.69, 9.17) is 12.6 Å². The molecule has 0 spiro atoms. The van der Waals surface area contributed by atoms with Crippen molar-refractivity contribution in [1.29, 1.82) is 0 Å². The van der Waals surface area contributed by atoms with Crippen molar-refractivity contribution < 1.29 is 20.9 Å². The second-order valence-corrected chi connectivity index (χ2v) is 19.6. The third-order valence-electron chi connectivity index (χ3n) is 12.6. The van der Waals surface area contributed by atoms with Gasteiger partial charge in [0.05, 0.1) is 49.6 Å². The van der Waals surface area contributed by atoms with Crippen LogP contribution in [0.2, 0.25) is 0 Å². The summed E-state index contributed by atoms with van der Waals surface area (Å²) in [5.41, 5.74) is 3.69. The van der Waals surface area contributed by atoms with Gasteiger partial charge in [-0.15, -0.1) is 0 Å². The smallest absolute Gasteiger partial charge is 0.179 e. The van der Waals surface area contributed by atoms with Crippen LogP contribution in [0.5, 0.6) is 0 Å². The maximum atomic E-state index is 10.8. The minimum Gasteiger partial charge on any atom is -0.454 e. The molecular weight excluding hydrogens is 793 g/mol. The molecule has 3 heterocycles. The fraction of sp³-hybridized carbons (Fsp3) is 0. The van der Waals surface area contributed by atoms with Crippen molar-refractivity contribution >= 4 is 94.4 Å². The maximum absolute atomic E-state index is 10.8. The van der Waals surface area contributed by atoms with E-state index in [9.17, 15) is 8.22 Å². The van der Waals surface area contributed by atoms with E-state index in [1.165, 1.54) is 4.57 Å². The number of rotatable bonds is 7. The number of fused-ring (bicyclic) bond motifs is 10. The van der Waals surface area contributed by atoms with Gasteiger partial charge in [0.1, 0.15) is 5.58 Å². The average Bonchev–Trinajstić information content (AvgIpc) is 4.28. The largest absolute Gasteiger partial charge is 0.454 e. The van der Waals surface area contributed by atoms with E-state index in [1.807, 2.05) is 156 Å². The number of hydrogen-bond acceptors (Lipinski definition) is 1. The molecule has 4 heteroatoms. The number of benzene rings is 10. The van der Waals surface area contributed by atoms with E-state index in [0.29, 0.717) is 43.3 Å². The molecule has 0 aliphatic heterocycles. The molecule has 0 aliphatic carbocycles. The second kappa shape index (κ2) is 14.5. The fourth-order valence-corrected chi connectivity index (χ4v) is 14.4. The van der Waals surface area contributed by atoms with Crippen LogP contribution in [-0.4, -0.2) is 17.2 Å². The summed E-state index contributed by atoms with van der Waals surface area (Å²) in [6, 6.07) is 49.5. The van der Waals surface area contributed by atoms with Crippen molar-refractivity contribution in [3.8, 4) is 22.5 Å². The van der Waals surface area contributed by atoms with Gasteiger partial charge in [-0.25, -0.2) is 0 Å². The van der Waals surface area contributed by atoms with Crippen molar-refractivity contribution in [3.05, 3.63) is 242 Å². The van der Waals surface area contributed by atoms with E-state index in [0.717, 1.165) is 26.7 Å². The molecule has 10 aromatic carbocycles. The van der Waals surface area contributed by atoms with E-state index in [2.05, 4.69) is 6.07 Å². The first-order valence-electron chi connectivity index (χ1n) is 27.0. The van der Waals surface area contributed by atoms with E-state index < -0.39 is 56.4 Å². The van der Waals surface area contributed by atoms with Crippen LogP contribution in [0.25, 0.3) is 88.1 Å². The molecule has 0 atom stereocenters. The molecule has 0 radical (unpaired) electrons. The number of furan rings is 1. The van der Waals surface area contributed by atoms with Crippen LogP contribution < -0.4 is 20.7 Å². The number of aromatic nitrogens is 2. The lowest BCUT2D eigenvalue weighted by Crippen LogP contribution is -2.74. The van der Waals surface area contributed by atoms with Gasteiger partial charge in [0.2, 0.25) is 0 Å². The SMILES string of the molecule is [2H]c1c([2H])c(-n2c3ccccc3c3cc(-n4c5c([2H])c([2H])c([2H])c([2H])c5c5c([2H])c([2H])c([2H])c([2H])c54)c4oc5ccccc5c4c32)c([2H])c([Si](c2ccccc2)(c2ccccc2)c2cccc(-c3ccccc3)c2)c1[2H]. The monoisotopic (exact) mass is 844 g/mol. The summed E-state index contributed by atoms with van der Waals surface area (Å²) >= 11 is 0. The third kappa shape index (κ3) is 5.33. The molecule has 300 valence electrons. The fourth-order valence-electron chi connectivity index (χ4n) is 9.89. The number of nitrogens with zero attached hydrogens (tertiary/aromatic N) is 2. The standard InChI is InChI=1S/C60H40N2OSi/c1-4-20-41(21-5-1)42-22-18-28-46(38-42)64(44-24-6-2-7-25-44,45-26-8-3-9-27-45)47-29-19-23-43(39-47)61-53-34-14-12-32-50(53)52-40-56(60-58(59(52)61)51-33-13-17-37-57(51)63-60)62-54-35-15-10-30-48(54)49-31-11-16-36-55(49)62/h1-40H/i10D,11D,15D,16D,19D,23D,29D,30D,31D,35D,36D,39D. The molecular formula is C60H40N2OSi. The normalized spacial score (nSPS) is 14.7. The lowest BCUT2D eigenvalue weighted by atomic mass is 10.1. The Morgan fingerprint density at radius 1 is 0.406 bits per heavy atom. The first-order valence-corrected chi connectivity index (χ1v) is 23.0. The van der Waals surface area contributed by atoms with Gasteiger partial charge in [0.15, 0.2) is 13.7 Å². The minimum atomic E-state index is -3.84. The Hall–Kier alpha value is -8.18.